The molecule has 1 aliphatic heterocycles. The van der Waals surface area contributed by atoms with Crippen LogP contribution >= 0.6 is 23.4 Å². The molecule has 0 spiro atoms. The highest BCUT2D eigenvalue weighted by molar-refractivity contribution is 8.00. The van der Waals surface area contributed by atoms with E-state index in [1.807, 2.05) is 11.8 Å². The second kappa shape index (κ2) is 5.27. The first kappa shape index (κ1) is 11.3. The molecule has 1 aromatic carbocycles. The predicted octanol–water partition coefficient (Wildman–Crippen LogP) is 4.50. The van der Waals surface area contributed by atoms with Crippen LogP contribution in [0.2, 0.25) is 0 Å². The van der Waals surface area contributed by atoms with Crippen LogP contribution in [0.3, 0.4) is 0 Å². The molecule has 2 heteroatoms. The zero-order valence-corrected chi connectivity index (χ0v) is 10.7. The molecule has 0 nitrogen and oxygen atoms in total. The van der Waals surface area contributed by atoms with Gasteiger partial charge in [0.25, 0.3) is 0 Å². The summed E-state index contributed by atoms with van der Waals surface area (Å²) in [7, 11) is 0. The van der Waals surface area contributed by atoms with Gasteiger partial charge in [-0.3, -0.25) is 0 Å². The number of rotatable bonds is 4. The van der Waals surface area contributed by atoms with Crippen LogP contribution in [0.25, 0.3) is 0 Å². The van der Waals surface area contributed by atoms with E-state index < -0.39 is 0 Å². The first-order valence-electron chi connectivity index (χ1n) is 5.64. The third-order valence-electron chi connectivity index (χ3n) is 2.84. The number of benzene rings is 1. The molecule has 2 unspecified atom stereocenters. The standard InChI is InChI=1S/C13H17ClS/c1-10(14)5-4-7-12-9-11-6-2-3-8-13(11)15-12/h2-3,6,8,10,12H,4-5,7,9H2,1H3. The van der Waals surface area contributed by atoms with E-state index in [1.165, 1.54) is 29.7 Å². The second-order valence-corrected chi connectivity index (χ2v) is 6.35. The molecule has 0 fully saturated rings. The van der Waals surface area contributed by atoms with E-state index in [9.17, 15) is 0 Å². The van der Waals surface area contributed by atoms with Crippen molar-refractivity contribution in [3.05, 3.63) is 29.8 Å². The maximum absolute atomic E-state index is 5.95. The minimum absolute atomic E-state index is 0.332. The summed E-state index contributed by atoms with van der Waals surface area (Å²) in [4.78, 5) is 1.49. The lowest BCUT2D eigenvalue weighted by Gasteiger charge is -2.08. The van der Waals surface area contributed by atoms with E-state index in [0.717, 1.165) is 11.7 Å². The average molecular weight is 241 g/mol. The lowest BCUT2D eigenvalue weighted by Crippen LogP contribution is -2.02. The first-order valence-corrected chi connectivity index (χ1v) is 6.96. The molecule has 0 saturated carbocycles. The molecule has 2 rings (SSSR count). The third kappa shape index (κ3) is 3.15. The molecule has 0 aromatic heterocycles. The van der Waals surface area contributed by atoms with Gasteiger partial charge in [0.1, 0.15) is 0 Å². The van der Waals surface area contributed by atoms with E-state index in [4.69, 9.17) is 11.6 Å². The Bertz CT molecular complexity index is 297. The summed E-state index contributed by atoms with van der Waals surface area (Å²) in [6, 6.07) is 8.77. The van der Waals surface area contributed by atoms with Gasteiger partial charge in [-0.05, 0) is 37.8 Å². The van der Waals surface area contributed by atoms with Crippen molar-refractivity contribution in [1.29, 1.82) is 0 Å². The van der Waals surface area contributed by atoms with Crippen LogP contribution in [-0.2, 0) is 6.42 Å². The lowest BCUT2D eigenvalue weighted by atomic mass is 10.1. The maximum atomic E-state index is 5.95. The molecule has 1 heterocycles. The summed E-state index contributed by atoms with van der Waals surface area (Å²) < 4.78 is 0. The summed E-state index contributed by atoms with van der Waals surface area (Å²) in [5.74, 6) is 0. The molecule has 0 N–H and O–H groups in total. The van der Waals surface area contributed by atoms with Gasteiger partial charge in [0.05, 0.1) is 0 Å². The molecular formula is C13H17ClS. The van der Waals surface area contributed by atoms with Gasteiger partial charge in [0.15, 0.2) is 0 Å². The van der Waals surface area contributed by atoms with E-state index in [1.54, 1.807) is 0 Å². The SMILES string of the molecule is CC(Cl)CCCC1Cc2ccccc2S1. The maximum Gasteiger partial charge on any atom is 0.0307 e. The minimum atomic E-state index is 0.332. The van der Waals surface area contributed by atoms with Crippen LogP contribution in [0, 0.1) is 0 Å². The average Bonchev–Trinajstić information content (AvgIpc) is 2.59. The fourth-order valence-electron chi connectivity index (χ4n) is 2.04. The monoisotopic (exact) mass is 240 g/mol. The van der Waals surface area contributed by atoms with Crippen molar-refractivity contribution in [2.75, 3.05) is 0 Å². The molecule has 2 atom stereocenters. The molecule has 1 aromatic rings. The van der Waals surface area contributed by atoms with Gasteiger partial charge in [0.2, 0.25) is 0 Å². The smallest absolute Gasteiger partial charge is 0.0307 e. The molecule has 0 amide bonds. The number of hydrogen-bond acceptors (Lipinski definition) is 1. The molecular weight excluding hydrogens is 224 g/mol. The lowest BCUT2D eigenvalue weighted by molar-refractivity contribution is 0.651. The van der Waals surface area contributed by atoms with Gasteiger partial charge in [-0.1, -0.05) is 24.6 Å². The van der Waals surface area contributed by atoms with Crippen molar-refractivity contribution >= 4 is 23.4 Å². The Morgan fingerprint density at radius 2 is 2.27 bits per heavy atom. The van der Waals surface area contributed by atoms with E-state index >= 15 is 0 Å². The van der Waals surface area contributed by atoms with Gasteiger partial charge >= 0.3 is 0 Å². The van der Waals surface area contributed by atoms with E-state index in [0.29, 0.717) is 5.38 Å². The van der Waals surface area contributed by atoms with E-state index in [2.05, 4.69) is 31.2 Å². The van der Waals surface area contributed by atoms with Crippen LogP contribution in [0.4, 0.5) is 0 Å². The third-order valence-corrected chi connectivity index (χ3v) is 4.45. The molecule has 82 valence electrons. The van der Waals surface area contributed by atoms with Crippen molar-refractivity contribution in [2.24, 2.45) is 0 Å². The zero-order valence-electron chi connectivity index (χ0n) is 9.08. The molecule has 1 aliphatic rings. The Balaban J connectivity index is 1.80. The molecule has 0 saturated heterocycles. The Morgan fingerprint density at radius 1 is 1.47 bits per heavy atom. The molecule has 0 aliphatic carbocycles. The highest BCUT2D eigenvalue weighted by atomic mass is 35.5. The Hall–Kier alpha value is -0.140. The summed E-state index contributed by atoms with van der Waals surface area (Å²) in [6.07, 6.45) is 4.96. The normalized spacial score (nSPS) is 21.3. The van der Waals surface area contributed by atoms with Gasteiger partial charge < -0.3 is 0 Å². The second-order valence-electron chi connectivity index (χ2n) is 4.26. The van der Waals surface area contributed by atoms with Crippen molar-refractivity contribution < 1.29 is 0 Å². The number of fused-ring (bicyclic) bond motifs is 1. The highest BCUT2D eigenvalue weighted by Gasteiger charge is 2.20. The number of hydrogen-bond donors (Lipinski definition) is 0. The fraction of sp³-hybridized carbons (Fsp3) is 0.538. The zero-order chi connectivity index (χ0) is 10.7. The predicted molar refractivity (Wildman–Crippen MR) is 69.0 cm³/mol. The fourth-order valence-corrected chi connectivity index (χ4v) is 3.56. The van der Waals surface area contributed by atoms with Crippen molar-refractivity contribution in [1.82, 2.24) is 0 Å². The minimum Gasteiger partial charge on any atom is -0.123 e. The topological polar surface area (TPSA) is 0 Å². The Kier molecular flexibility index (Phi) is 3.99. The Labute approximate surface area is 101 Å². The summed E-state index contributed by atoms with van der Waals surface area (Å²) in [5, 5.41) is 1.12. The van der Waals surface area contributed by atoms with Gasteiger partial charge in [-0.25, -0.2) is 0 Å². The summed E-state index contributed by atoms with van der Waals surface area (Å²) >= 11 is 7.99. The molecule has 15 heavy (non-hydrogen) atoms. The Morgan fingerprint density at radius 3 is 3.00 bits per heavy atom. The van der Waals surface area contributed by atoms with Gasteiger partial charge in [0, 0.05) is 15.5 Å². The van der Waals surface area contributed by atoms with E-state index in [-0.39, 0.29) is 0 Å². The van der Waals surface area contributed by atoms with Gasteiger partial charge in [-0.2, -0.15) is 0 Å². The van der Waals surface area contributed by atoms with Gasteiger partial charge in [-0.15, -0.1) is 23.4 Å². The molecule has 0 bridgehead atoms. The van der Waals surface area contributed by atoms with Crippen LogP contribution < -0.4 is 0 Å². The number of thioether (sulfide) groups is 1. The highest BCUT2D eigenvalue weighted by Crippen LogP contribution is 2.38. The van der Waals surface area contributed by atoms with Crippen LogP contribution in [-0.4, -0.2) is 10.6 Å². The van der Waals surface area contributed by atoms with Crippen LogP contribution in [0.5, 0.6) is 0 Å². The van der Waals surface area contributed by atoms with Crippen molar-refractivity contribution in [3.63, 3.8) is 0 Å². The van der Waals surface area contributed by atoms with Crippen LogP contribution in [0.15, 0.2) is 29.2 Å². The summed E-state index contributed by atoms with van der Waals surface area (Å²) in [5.41, 5.74) is 1.53. The van der Waals surface area contributed by atoms with Crippen LogP contribution in [0.1, 0.15) is 31.7 Å². The number of alkyl halides is 1. The van der Waals surface area contributed by atoms with Crippen molar-refractivity contribution in [3.8, 4) is 0 Å². The molecule has 0 radical (unpaired) electrons. The van der Waals surface area contributed by atoms with Crippen molar-refractivity contribution in [2.45, 2.75) is 48.1 Å². The first-order chi connectivity index (χ1) is 7.25. The summed E-state index contributed by atoms with van der Waals surface area (Å²) in [6.45, 7) is 2.08. The quantitative estimate of drug-likeness (QED) is 0.699. The largest absolute Gasteiger partial charge is 0.123 e. The number of halogens is 1.